The summed E-state index contributed by atoms with van der Waals surface area (Å²) in [5.74, 6) is 0. The Morgan fingerprint density at radius 1 is 1.47 bits per heavy atom. The van der Waals surface area contributed by atoms with E-state index in [0.717, 1.165) is 12.1 Å². The summed E-state index contributed by atoms with van der Waals surface area (Å²) < 4.78 is 1.26. The lowest BCUT2D eigenvalue weighted by Crippen LogP contribution is -1.88. The highest BCUT2D eigenvalue weighted by Crippen LogP contribution is 2.23. The van der Waals surface area contributed by atoms with Gasteiger partial charge in [0.2, 0.25) is 0 Å². The zero-order valence-corrected chi connectivity index (χ0v) is 11.3. The Morgan fingerprint density at radius 2 is 2.27 bits per heavy atom. The standard InChI is InChI=1S/C11H11IN2S/c1-7-10(15-11(13)14-7)6-8-3-2-4-9(12)5-8/h2-5H,6H2,1H3,(H2,13,14). The molecule has 1 aromatic heterocycles. The molecule has 0 aliphatic carbocycles. The summed E-state index contributed by atoms with van der Waals surface area (Å²) >= 11 is 3.90. The summed E-state index contributed by atoms with van der Waals surface area (Å²) in [6.45, 7) is 2.01. The number of aromatic nitrogens is 1. The van der Waals surface area contributed by atoms with Gasteiger partial charge in [0.05, 0.1) is 5.69 Å². The quantitative estimate of drug-likeness (QED) is 0.859. The summed E-state index contributed by atoms with van der Waals surface area (Å²) in [7, 11) is 0. The second kappa shape index (κ2) is 4.49. The van der Waals surface area contributed by atoms with Crippen LogP contribution < -0.4 is 5.73 Å². The van der Waals surface area contributed by atoms with Gasteiger partial charge in [0.15, 0.2) is 5.13 Å². The normalized spacial score (nSPS) is 10.5. The van der Waals surface area contributed by atoms with Crippen LogP contribution in [-0.2, 0) is 6.42 Å². The molecule has 0 saturated heterocycles. The fourth-order valence-electron chi connectivity index (χ4n) is 1.45. The first kappa shape index (κ1) is 10.9. The van der Waals surface area contributed by atoms with E-state index in [4.69, 9.17) is 5.73 Å². The van der Waals surface area contributed by atoms with Gasteiger partial charge in [-0.2, -0.15) is 0 Å². The Balaban J connectivity index is 2.25. The van der Waals surface area contributed by atoms with E-state index in [-0.39, 0.29) is 0 Å². The summed E-state index contributed by atoms with van der Waals surface area (Å²) in [5.41, 5.74) is 8.03. The number of nitrogen functional groups attached to an aromatic ring is 1. The molecule has 15 heavy (non-hydrogen) atoms. The van der Waals surface area contributed by atoms with Crippen LogP contribution in [0.4, 0.5) is 5.13 Å². The van der Waals surface area contributed by atoms with Gasteiger partial charge in [0.1, 0.15) is 0 Å². The van der Waals surface area contributed by atoms with Crippen molar-refractivity contribution in [1.29, 1.82) is 0 Å². The second-order valence-corrected chi connectivity index (χ2v) is 5.73. The predicted molar refractivity (Wildman–Crippen MR) is 73.2 cm³/mol. The molecule has 0 radical (unpaired) electrons. The molecular formula is C11H11IN2S. The molecule has 0 amide bonds. The van der Waals surface area contributed by atoms with E-state index in [1.807, 2.05) is 6.92 Å². The molecule has 1 aromatic carbocycles. The third-order valence-electron chi connectivity index (χ3n) is 2.16. The molecule has 2 nitrogen and oxygen atoms in total. The van der Waals surface area contributed by atoms with Gasteiger partial charge >= 0.3 is 0 Å². The Morgan fingerprint density at radius 3 is 2.87 bits per heavy atom. The van der Waals surface area contributed by atoms with Crippen LogP contribution in [0.1, 0.15) is 16.1 Å². The van der Waals surface area contributed by atoms with Gasteiger partial charge in [0.25, 0.3) is 0 Å². The van der Waals surface area contributed by atoms with E-state index in [2.05, 4.69) is 51.8 Å². The second-order valence-electron chi connectivity index (χ2n) is 3.37. The Bertz CT molecular complexity index is 479. The van der Waals surface area contributed by atoms with Gasteiger partial charge in [-0.05, 0) is 47.2 Å². The molecule has 2 N–H and O–H groups in total. The van der Waals surface area contributed by atoms with Gasteiger partial charge in [-0.25, -0.2) is 4.98 Å². The highest BCUT2D eigenvalue weighted by molar-refractivity contribution is 14.1. The van der Waals surface area contributed by atoms with Crippen LogP contribution in [0.5, 0.6) is 0 Å². The lowest BCUT2D eigenvalue weighted by Gasteiger charge is -2.00. The molecule has 0 bridgehead atoms. The average Bonchev–Trinajstić information content (AvgIpc) is 2.45. The third-order valence-corrected chi connectivity index (χ3v) is 3.82. The molecule has 1 heterocycles. The molecular weight excluding hydrogens is 319 g/mol. The Kier molecular flexibility index (Phi) is 3.25. The number of benzene rings is 1. The fraction of sp³-hybridized carbons (Fsp3) is 0.182. The van der Waals surface area contributed by atoms with Crippen molar-refractivity contribution in [3.63, 3.8) is 0 Å². The highest BCUT2D eigenvalue weighted by atomic mass is 127. The van der Waals surface area contributed by atoms with Crippen molar-refractivity contribution in [2.45, 2.75) is 13.3 Å². The smallest absolute Gasteiger partial charge is 0.180 e. The summed E-state index contributed by atoms with van der Waals surface area (Å²) in [5, 5.41) is 0.660. The number of rotatable bonds is 2. The number of anilines is 1. The molecule has 78 valence electrons. The zero-order chi connectivity index (χ0) is 10.8. The first-order valence-corrected chi connectivity index (χ1v) is 6.51. The van der Waals surface area contributed by atoms with Crippen LogP contribution in [0.15, 0.2) is 24.3 Å². The minimum Gasteiger partial charge on any atom is -0.375 e. The number of aryl methyl sites for hydroxylation is 1. The SMILES string of the molecule is Cc1nc(N)sc1Cc1cccc(I)c1. The van der Waals surface area contributed by atoms with E-state index in [1.54, 1.807) is 11.3 Å². The van der Waals surface area contributed by atoms with Crippen LogP contribution >= 0.6 is 33.9 Å². The predicted octanol–water partition coefficient (Wildman–Crippen LogP) is 3.23. The first-order valence-electron chi connectivity index (χ1n) is 4.61. The minimum atomic E-state index is 0.660. The number of nitrogens with two attached hydrogens (primary N) is 1. The van der Waals surface area contributed by atoms with Gasteiger partial charge in [0, 0.05) is 14.9 Å². The van der Waals surface area contributed by atoms with Crippen molar-refractivity contribution in [3.8, 4) is 0 Å². The summed E-state index contributed by atoms with van der Waals surface area (Å²) in [4.78, 5) is 5.48. The van der Waals surface area contributed by atoms with E-state index < -0.39 is 0 Å². The van der Waals surface area contributed by atoms with Gasteiger partial charge in [-0.1, -0.05) is 12.1 Å². The van der Waals surface area contributed by atoms with E-state index in [9.17, 15) is 0 Å². The van der Waals surface area contributed by atoms with E-state index in [0.29, 0.717) is 5.13 Å². The van der Waals surface area contributed by atoms with E-state index in [1.165, 1.54) is 14.0 Å². The molecule has 0 fully saturated rings. The number of hydrogen-bond acceptors (Lipinski definition) is 3. The number of nitrogens with zero attached hydrogens (tertiary/aromatic N) is 1. The summed E-state index contributed by atoms with van der Waals surface area (Å²) in [6, 6.07) is 8.50. The summed E-state index contributed by atoms with van der Waals surface area (Å²) in [6.07, 6.45) is 0.928. The van der Waals surface area contributed by atoms with Crippen LogP contribution in [0.25, 0.3) is 0 Å². The molecule has 0 unspecified atom stereocenters. The van der Waals surface area contributed by atoms with E-state index >= 15 is 0 Å². The van der Waals surface area contributed by atoms with Gasteiger partial charge < -0.3 is 5.73 Å². The molecule has 0 aliphatic rings. The third kappa shape index (κ3) is 2.69. The maximum Gasteiger partial charge on any atom is 0.180 e. The van der Waals surface area contributed by atoms with Crippen molar-refractivity contribution in [3.05, 3.63) is 44.0 Å². The molecule has 0 spiro atoms. The molecule has 4 heteroatoms. The van der Waals surface area contributed by atoms with Crippen LogP contribution in [0.3, 0.4) is 0 Å². The van der Waals surface area contributed by atoms with Crippen molar-refractivity contribution in [2.24, 2.45) is 0 Å². The molecule has 2 aromatic rings. The van der Waals surface area contributed by atoms with Gasteiger partial charge in [-0.15, -0.1) is 11.3 Å². The minimum absolute atomic E-state index is 0.660. The Hall–Kier alpha value is -0.620. The van der Waals surface area contributed by atoms with Crippen molar-refractivity contribution in [1.82, 2.24) is 4.98 Å². The van der Waals surface area contributed by atoms with Crippen molar-refractivity contribution >= 4 is 39.1 Å². The van der Waals surface area contributed by atoms with Gasteiger partial charge in [-0.3, -0.25) is 0 Å². The molecule has 0 atom stereocenters. The fourth-order valence-corrected chi connectivity index (χ4v) is 2.92. The number of thiazole rings is 1. The maximum atomic E-state index is 5.67. The lowest BCUT2D eigenvalue weighted by atomic mass is 10.1. The Labute approximate surface area is 107 Å². The average molecular weight is 330 g/mol. The largest absolute Gasteiger partial charge is 0.375 e. The lowest BCUT2D eigenvalue weighted by molar-refractivity contribution is 1.15. The van der Waals surface area contributed by atoms with Crippen molar-refractivity contribution < 1.29 is 0 Å². The molecule has 0 saturated carbocycles. The number of halogens is 1. The highest BCUT2D eigenvalue weighted by Gasteiger charge is 2.06. The first-order chi connectivity index (χ1) is 7.15. The van der Waals surface area contributed by atoms with Crippen LogP contribution in [-0.4, -0.2) is 4.98 Å². The van der Waals surface area contributed by atoms with Crippen LogP contribution in [0.2, 0.25) is 0 Å². The molecule has 0 aliphatic heterocycles. The maximum absolute atomic E-state index is 5.67. The monoisotopic (exact) mass is 330 g/mol. The van der Waals surface area contributed by atoms with Crippen molar-refractivity contribution in [2.75, 3.05) is 5.73 Å². The molecule has 2 rings (SSSR count). The van der Waals surface area contributed by atoms with Crippen LogP contribution in [0, 0.1) is 10.5 Å². The zero-order valence-electron chi connectivity index (χ0n) is 8.33. The topological polar surface area (TPSA) is 38.9 Å². The number of hydrogen-bond donors (Lipinski definition) is 1.